The quantitative estimate of drug-likeness (QED) is 0.0955. The number of carbonyl (C=O) groups is 2. The van der Waals surface area contributed by atoms with E-state index in [-0.39, 0.29) is 29.0 Å². The summed E-state index contributed by atoms with van der Waals surface area (Å²) in [5.74, 6) is -0.485. The normalized spacial score (nSPS) is 14.1. The zero-order valence-corrected chi connectivity index (χ0v) is 32.6. The molecule has 3 aromatic carbocycles. The number of ketones is 2. The van der Waals surface area contributed by atoms with Crippen LogP contribution in [0.2, 0.25) is 0 Å². The topological polar surface area (TPSA) is 76.5 Å². The summed E-state index contributed by atoms with van der Waals surface area (Å²) in [4.78, 5) is 32.3. The molecule has 0 bridgehead atoms. The van der Waals surface area contributed by atoms with Crippen molar-refractivity contribution >= 4 is 113 Å². The molecule has 0 unspecified atom stereocenters. The number of phenols is 1. The third-order valence-electron chi connectivity index (χ3n) is 7.46. The number of rotatable bonds is 4. The molecule has 4 aromatic rings. The number of aromatic nitrogens is 1. The number of benzene rings is 3. The summed E-state index contributed by atoms with van der Waals surface area (Å²) in [6.07, 6.45) is 0. The molecule has 0 aliphatic heterocycles. The van der Waals surface area contributed by atoms with E-state index in [0.29, 0.717) is 33.8 Å². The minimum Gasteiger partial charge on any atom is -0.507 e. The van der Waals surface area contributed by atoms with Crippen LogP contribution in [-0.4, -0.2) is 21.7 Å². The standard InChI is InChI=1S/C33H29I4NO4/c1-32(2,3)17-12-15(13-18(29(17)39)33(4,5)6)14-42-20-9-7-8-16-10-11-19(38-28(16)20)21-30(40)22-23(31(21)41)25(35)27(37)26(36)24(22)34/h7-13,21,39H,14H2,1-6H3. The maximum absolute atomic E-state index is 13.7. The first-order valence-electron chi connectivity index (χ1n) is 13.4. The summed E-state index contributed by atoms with van der Waals surface area (Å²) in [7, 11) is 0. The van der Waals surface area contributed by atoms with Gasteiger partial charge in [-0.05, 0) is 142 Å². The number of carbonyl (C=O) groups excluding carboxylic acids is 2. The van der Waals surface area contributed by atoms with E-state index < -0.39 is 5.92 Å². The van der Waals surface area contributed by atoms with Gasteiger partial charge in [-0.2, -0.15) is 0 Å². The molecule has 0 spiro atoms. The van der Waals surface area contributed by atoms with Crippen molar-refractivity contribution in [2.75, 3.05) is 0 Å². The number of fused-ring (bicyclic) bond motifs is 2. The molecule has 5 nitrogen and oxygen atoms in total. The van der Waals surface area contributed by atoms with Gasteiger partial charge in [-0.15, -0.1) is 0 Å². The number of aromatic hydroxyl groups is 1. The van der Waals surface area contributed by atoms with Gasteiger partial charge in [0.25, 0.3) is 0 Å². The lowest BCUT2D eigenvalue weighted by atomic mass is 9.78. The minimum atomic E-state index is -0.978. The zero-order chi connectivity index (χ0) is 30.9. The molecule has 42 heavy (non-hydrogen) atoms. The van der Waals surface area contributed by atoms with Gasteiger partial charge >= 0.3 is 0 Å². The average molecular weight is 1010 g/mol. The average Bonchev–Trinajstić information content (AvgIpc) is 3.18. The lowest BCUT2D eigenvalue weighted by Gasteiger charge is -2.28. The van der Waals surface area contributed by atoms with E-state index in [2.05, 4.69) is 132 Å². The highest BCUT2D eigenvalue weighted by Gasteiger charge is 2.44. The Morgan fingerprint density at radius 2 is 1.31 bits per heavy atom. The fraction of sp³-hybridized carbons (Fsp3) is 0.303. The number of para-hydroxylation sites is 1. The molecular weight excluding hydrogens is 982 g/mol. The second kappa shape index (κ2) is 11.7. The number of halogens is 4. The Bertz CT molecular complexity index is 1720. The van der Waals surface area contributed by atoms with Crippen LogP contribution in [0, 0.1) is 14.3 Å². The molecule has 1 aromatic heterocycles. The molecule has 1 aliphatic carbocycles. The Morgan fingerprint density at radius 3 is 1.81 bits per heavy atom. The lowest BCUT2D eigenvalue weighted by molar-refractivity contribution is 0.0887. The van der Waals surface area contributed by atoms with Crippen LogP contribution >= 0.6 is 90.4 Å². The smallest absolute Gasteiger partial charge is 0.181 e. The van der Waals surface area contributed by atoms with Gasteiger partial charge in [0, 0.05) is 30.8 Å². The third-order valence-corrected chi connectivity index (χ3v) is 14.9. The number of phenolic OH excluding ortho intramolecular Hbond substituents is 1. The zero-order valence-electron chi connectivity index (χ0n) is 24.0. The van der Waals surface area contributed by atoms with Crippen LogP contribution in [0.5, 0.6) is 11.5 Å². The molecule has 9 heteroatoms. The van der Waals surface area contributed by atoms with Crippen molar-refractivity contribution in [3.05, 3.63) is 90.3 Å². The van der Waals surface area contributed by atoms with E-state index in [1.54, 1.807) is 6.07 Å². The SMILES string of the molecule is CC(C)(C)c1cc(COc2cccc3ccc(C4C(=O)c5c(I)c(I)c(I)c(I)c5C4=O)nc23)cc(C(C)(C)C)c1O. The van der Waals surface area contributed by atoms with Crippen molar-refractivity contribution < 1.29 is 19.4 Å². The minimum absolute atomic E-state index is 0.203. The summed E-state index contributed by atoms with van der Waals surface area (Å²) in [5, 5.41) is 12.0. The van der Waals surface area contributed by atoms with Crippen molar-refractivity contribution in [3.8, 4) is 11.5 Å². The van der Waals surface area contributed by atoms with Gasteiger partial charge in [-0.1, -0.05) is 59.7 Å². The molecule has 5 rings (SSSR count). The molecule has 0 atom stereocenters. The molecular formula is C33H29I4NO4. The van der Waals surface area contributed by atoms with Gasteiger partial charge in [-0.3, -0.25) is 9.59 Å². The van der Waals surface area contributed by atoms with Crippen LogP contribution in [0.3, 0.4) is 0 Å². The van der Waals surface area contributed by atoms with E-state index >= 15 is 0 Å². The molecule has 1 heterocycles. The molecule has 0 amide bonds. The molecule has 1 N–H and O–H groups in total. The van der Waals surface area contributed by atoms with Crippen LogP contribution in [0.25, 0.3) is 10.9 Å². The Kier molecular flexibility index (Phi) is 9.00. The van der Waals surface area contributed by atoms with Crippen LogP contribution in [0.4, 0.5) is 0 Å². The highest BCUT2D eigenvalue weighted by molar-refractivity contribution is 14.1. The maximum atomic E-state index is 13.7. The van der Waals surface area contributed by atoms with E-state index in [1.165, 1.54) is 0 Å². The van der Waals surface area contributed by atoms with Gasteiger partial charge in [0.15, 0.2) is 11.6 Å². The van der Waals surface area contributed by atoms with Crippen LogP contribution in [0.1, 0.15) is 90.6 Å². The number of hydrogen-bond acceptors (Lipinski definition) is 5. The van der Waals surface area contributed by atoms with Gasteiger partial charge in [0.1, 0.15) is 29.5 Å². The number of nitrogens with zero attached hydrogens (tertiary/aromatic N) is 1. The van der Waals surface area contributed by atoms with Gasteiger partial charge in [0.2, 0.25) is 0 Å². The Balaban J connectivity index is 1.54. The van der Waals surface area contributed by atoms with Gasteiger partial charge in [0.05, 0.1) is 5.69 Å². The Hall–Kier alpha value is -1.07. The summed E-state index contributed by atoms with van der Waals surface area (Å²) < 4.78 is 9.97. The van der Waals surface area contributed by atoms with Crippen molar-refractivity contribution in [1.82, 2.24) is 4.98 Å². The predicted octanol–water partition coefficient (Wildman–Crippen LogP) is 9.70. The lowest BCUT2D eigenvalue weighted by Crippen LogP contribution is -2.18. The monoisotopic (exact) mass is 1010 g/mol. The molecule has 0 saturated heterocycles. The van der Waals surface area contributed by atoms with E-state index in [9.17, 15) is 14.7 Å². The second-order valence-corrected chi connectivity index (χ2v) is 16.9. The van der Waals surface area contributed by atoms with Crippen molar-refractivity contribution in [2.24, 2.45) is 0 Å². The Morgan fingerprint density at radius 1 is 0.786 bits per heavy atom. The number of hydrogen-bond donors (Lipinski definition) is 1. The summed E-state index contributed by atoms with van der Waals surface area (Å²) >= 11 is 8.83. The van der Waals surface area contributed by atoms with Gasteiger partial charge < -0.3 is 9.84 Å². The fourth-order valence-corrected chi connectivity index (χ4v) is 8.99. The van der Waals surface area contributed by atoms with E-state index in [0.717, 1.165) is 36.4 Å². The number of pyridine rings is 1. The van der Waals surface area contributed by atoms with Crippen LogP contribution < -0.4 is 4.74 Å². The first-order valence-corrected chi connectivity index (χ1v) is 17.7. The van der Waals surface area contributed by atoms with E-state index in [1.807, 2.05) is 36.4 Å². The van der Waals surface area contributed by atoms with Crippen molar-refractivity contribution in [3.63, 3.8) is 0 Å². The van der Waals surface area contributed by atoms with E-state index in [4.69, 9.17) is 9.72 Å². The van der Waals surface area contributed by atoms with Gasteiger partial charge in [-0.25, -0.2) is 4.98 Å². The maximum Gasteiger partial charge on any atom is 0.181 e. The summed E-state index contributed by atoms with van der Waals surface area (Å²) in [6.45, 7) is 12.8. The first-order chi connectivity index (χ1) is 19.5. The molecule has 1 aliphatic rings. The van der Waals surface area contributed by atoms with Crippen molar-refractivity contribution in [2.45, 2.75) is 64.9 Å². The Labute approximate surface area is 300 Å². The summed E-state index contributed by atoms with van der Waals surface area (Å²) in [5.41, 5.74) is 4.23. The molecule has 218 valence electrons. The summed E-state index contributed by atoms with van der Waals surface area (Å²) in [6, 6.07) is 13.4. The predicted molar refractivity (Wildman–Crippen MR) is 200 cm³/mol. The third kappa shape index (κ3) is 5.72. The van der Waals surface area contributed by atoms with Crippen LogP contribution in [-0.2, 0) is 17.4 Å². The second-order valence-electron chi connectivity index (χ2n) is 12.6. The highest BCUT2D eigenvalue weighted by atomic mass is 127. The number of ether oxygens (including phenoxy) is 1. The van der Waals surface area contributed by atoms with Crippen LogP contribution in [0.15, 0.2) is 42.5 Å². The molecule has 0 saturated carbocycles. The largest absolute Gasteiger partial charge is 0.507 e. The highest BCUT2D eigenvalue weighted by Crippen LogP contribution is 2.43. The molecule has 0 radical (unpaired) electrons. The van der Waals surface area contributed by atoms with Crippen molar-refractivity contribution in [1.29, 1.82) is 0 Å². The fourth-order valence-electron chi connectivity index (χ4n) is 5.27. The number of Topliss-reactive ketones (excluding diaryl/α,β-unsaturated/α-hetero) is 2. The first kappa shape index (κ1) is 32.3. The molecule has 0 fully saturated rings.